The van der Waals surface area contributed by atoms with Crippen molar-refractivity contribution >= 4 is 0 Å². The molecular formula is C13H19NO2. The van der Waals surface area contributed by atoms with E-state index in [2.05, 4.69) is 11.8 Å². The molecule has 1 aliphatic rings. The molecule has 1 atom stereocenters. The summed E-state index contributed by atoms with van der Waals surface area (Å²) in [4.78, 5) is 2.39. The van der Waals surface area contributed by atoms with Crippen molar-refractivity contribution in [3.05, 3.63) is 30.3 Å². The lowest BCUT2D eigenvalue weighted by molar-refractivity contribution is -0.0464. The number of morpholine rings is 1. The highest BCUT2D eigenvalue weighted by molar-refractivity contribution is 5.20. The Morgan fingerprint density at radius 1 is 1.38 bits per heavy atom. The molecule has 1 aliphatic heterocycles. The molecule has 1 saturated heterocycles. The van der Waals surface area contributed by atoms with E-state index >= 15 is 0 Å². The Morgan fingerprint density at radius 2 is 2.19 bits per heavy atom. The van der Waals surface area contributed by atoms with Crippen LogP contribution in [0.15, 0.2) is 30.3 Å². The molecule has 0 saturated carbocycles. The number of ether oxygens (including phenoxy) is 2. The van der Waals surface area contributed by atoms with Crippen LogP contribution in [0.3, 0.4) is 0 Å². The first-order chi connectivity index (χ1) is 7.88. The van der Waals surface area contributed by atoms with Crippen LogP contribution in [0.2, 0.25) is 0 Å². The Morgan fingerprint density at radius 3 is 2.94 bits per heavy atom. The molecule has 0 spiro atoms. The van der Waals surface area contributed by atoms with Gasteiger partial charge in [-0.15, -0.1) is 0 Å². The number of benzene rings is 1. The van der Waals surface area contributed by atoms with E-state index < -0.39 is 0 Å². The predicted octanol–water partition coefficient (Wildman–Crippen LogP) is 1.79. The first-order valence-electron chi connectivity index (χ1n) is 5.90. The van der Waals surface area contributed by atoms with Gasteiger partial charge in [0.15, 0.2) is 0 Å². The lowest BCUT2D eigenvalue weighted by atomic mass is 10.3. The molecule has 1 fully saturated rings. The van der Waals surface area contributed by atoms with Gasteiger partial charge < -0.3 is 9.47 Å². The second-order valence-electron chi connectivity index (χ2n) is 4.01. The molecule has 1 heterocycles. The summed E-state index contributed by atoms with van der Waals surface area (Å²) in [6.07, 6.45) is 0.203. The smallest absolute Gasteiger partial charge is 0.119 e. The van der Waals surface area contributed by atoms with Crippen molar-refractivity contribution < 1.29 is 9.47 Å². The summed E-state index contributed by atoms with van der Waals surface area (Å²) < 4.78 is 11.4. The third kappa shape index (κ3) is 3.22. The number of likely N-dealkylation sites (N-methyl/N-ethyl adjacent to an activating group) is 1. The van der Waals surface area contributed by atoms with Gasteiger partial charge in [0.25, 0.3) is 0 Å². The predicted molar refractivity (Wildman–Crippen MR) is 63.8 cm³/mol. The average molecular weight is 221 g/mol. The third-order valence-corrected chi connectivity index (χ3v) is 2.85. The Bertz CT molecular complexity index is 302. The minimum Gasteiger partial charge on any atom is -0.491 e. The van der Waals surface area contributed by atoms with Crippen LogP contribution in [-0.4, -0.2) is 43.9 Å². The van der Waals surface area contributed by atoms with Crippen molar-refractivity contribution in [3.8, 4) is 5.75 Å². The zero-order valence-electron chi connectivity index (χ0n) is 9.76. The summed E-state index contributed by atoms with van der Waals surface area (Å²) in [5.74, 6) is 0.916. The Balaban J connectivity index is 1.77. The van der Waals surface area contributed by atoms with Crippen LogP contribution in [-0.2, 0) is 4.74 Å². The molecule has 0 N–H and O–H groups in total. The first-order valence-corrected chi connectivity index (χ1v) is 5.90. The van der Waals surface area contributed by atoms with Gasteiger partial charge >= 0.3 is 0 Å². The number of nitrogens with zero attached hydrogens (tertiary/aromatic N) is 1. The van der Waals surface area contributed by atoms with Crippen LogP contribution in [0.1, 0.15) is 6.92 Å². The zero-order valence-corrected chi connectivity index (χ0v) is 9.76. The summed E-state index contributed by atoms with van der Waals surface area (Å²) in [6, 6.07) is 9.90. The Hall–Kier alpha value is -1.06. The topological polar surface area (TPSA) is 21.7 Å². The Labute approximate surface area is 97.0 Å². The van der Waals surface area contributed by atoms with Crippen molar-refractivity contribution in [3.63, 3.8) is 0 Å². The van der Waals surface area contributed by atoms with Gasteiger partial charge in [0.2, 0.25) is 0 Å². The molecule has 3 nitrogen and oxygen atoms in total. The molecule has 88 valence electrons. The fraction of sp³-hybridized carbons (Fsp3) is 0.538. The number of hydrogen-bond donors (Lipinski definition) is 0. The molecular weight excluding hydrogens is 202 g/mol. The molecule has 0 aromatic heterocycles. The minimum absolute atomic E-state index is 0.203. The summed E-state index contributed by atoms with van der Waals surface area (Å²) >= 11 is 0. The van der Waals surface area contributed by atoms with E-state index in [4.69, 9.17) is 9.47 Å². The molecule has 0 amide bonds. The fourth-order valence-electron chi connectivity index (χ4n) is 1.87. The molecule has 0 aliphatic carbocycles. The van der Waals surface area contributed by atoms with Gasteiger partial charge in [-0.1, -0.05) is 25.1 Å². The molecule has 3 heteroatoms. The van der Waals surface area contributed by atoms with Gasteiger partial charge in [-0.2, -0.15) is 0 Å². The van der Waals surface area contributed by atoms with Gasteiger partial charge in [0, 0.05) is 13.1 Å². The van der Waals surface area contributed by atoms with E-state index in [0.717, 1.165) is 32.0 Å². The SMILES string of the molecule is CCN1CCOC(COc2ccccc2)C1. The van der Waals surface area contributed by atoms with Crippen LogP contribution < -0.4 is 4.74 Å². The maximum Gasteiger partial charge on any atom is 0.119 e. The van der Waals surface area contributed by atoms with Crippen LogP contribution in [0.4, 0.5) is 0 Å². The summed E-state index contributed by atoms with van der Waals surface area (Å²) in [5, 5.41) is 0. The van der Waals surface area contributed by atoms with Crippen molar-refractivity contribution in [1.82, 2.24) is 4.90 Å². The van der Waals surface area contributed by atoms with Crippen LogP contribution in [0.25, 0.3) is 0 Å². The van der Waals surface area contributed by atoms with E-state index in [-0.39, 0.29) is 6.10 Å². The lowest BCUT2D eigenvalue weighted by Gasteiger charge is -2.31. The second-order valence-corrected chi connectivity index (χ2v) is 4.01. The quantitative estimate of drug-likeness (QED) is 0.773. The van der Waals surface area contributed by atoms with Gasteiger partial charge in [0.1, 0.15) is 18.5 Å². The lowest BCUT2D eigenvalue weighted by Crippen LogP contribution is -2.44. The molecule has 1 aromatic carbocycles. The van der Waals surface area contributed by atoms with E-state index in [1.54, 1.807) is 0 Å². The van der Waals surface area contributed by atoms with E-state index in [0.29, 0.717) is 6.61 Å². The maximum absolute atomic E-state index is 5.69. The average Bonchev–Trinajstić information content (AvgIpc) is 2.38. The molecule has 2 rings (SSSR count). The molecule has 16 heavy (non-hydrogen) atoms. The number of hydrogen-bond acceptors (Lipinski definition) is 3. The first kappa shape index (κ1) is 11.4. The van der Waals surface area contributed by atoms with Crippen molar-refractivity contribution in [2.45, 2.75) is 13.0 Å². The molecule has 0 radical (unpaired) electrons. The van der Waals surface area contributed by atoms with E-state index in [1.807, 2.05) is 30.3 Å². The van der Waals surface area contributed by atoms with Gasteiger partial charge in [0.05, 0.1) is 6.61 Å². The van der Waals surface area contributed by atoms with E-state index in [1.165, 1.54) is 0 Å². The highest BCUT2D eigenvalue weighted by Gasteiger charge is 2.19. The zero-order chi connectivity index (χ0) is 11.2. The van der Waals surface area contributed by atoms with Crippen molar-refractivity contribution in [2.75, 3.05) is 32.8 Å². The maximum atomic E-state index is 5.69. The van der Waals surface area contributed by atoms with Crippen molar-refractivity contribution in [1.29, 1.82) is 0 Å². The minimum atomic E-state index is 0.203. The molecule has 1 aromatic rings. The van der Waals surface area contributed by atoms with Crippen LogP contribution in [0, 0.1) is 0 Å². The highest BCUT2D eigenvalue weighted by Crippen LogP contribution is 2.11. The summed E-state index contributed by atoms with van der Waals surface area (Å²) in [6.45, 7) is 6.74. The van der Waals surface area contributed by atoms with Crippen LogP contribution in [0.5, 0.6) is 5.75 Å². The number of rotatable bonds is 4. The van der Waals surface area contributed by atoms with Gasteiger partial charge in [-0.3, -0.25) is 4.90 Å². The standard InChI is InChI=1S/C13H19NO2/c1-2-14-8-9-15-13(10-14)11-16-12-6-4-3-5-7-12/h3-7,13H,2,8-11H2,1H3. The fourth-order valence-corrected chi connectivity index (χ4v) is 1.87. The van der Waals surface area contributed by atoms with Crippen molar-refractivity contribution in [2.24, 2.45) is 0 Å². The monoisotopic (exact) mass is 221 g/mol. The summed E-state index contributed by atoms with van der Waals surface area (Å²) in [5.41, 5.74) is 0. The Kier molecular flexibility index (Phi) is 4.19. The second kappa shape index (κ2) is 5.87. The number of para-hydroxylation sites is 1. The largest absolute Gasteiger partial charge is 0.491 e. The van der Waals surface area contributed by atoms with E-state index in [9.17, 15) is 0 Å². The van der Waals surface area contributed by atoms with Gasteiger partial charge in [-0.05, 0) is 18.7 Å². The molecule has 0 bridgehead atoms. The highest BCUT2D eigenvalue weighted by atomic mass is 16.5. The van der Waals surface area contributed by atoms with Crippen LogP contribution >= 0.6 is 0 Å². The molecule has 1 unspecified atom stereocenters. The third-order valence-electron chi connectivity index (χ3n) is 2.85. The van der Waals surface area contributed by atoms with Gasteiger partial charge in [-0.25, -0.2) is 0 Å². The summed E-state index contributed by atoms with van der Waals surface area (Å²) in [7, 11) is 0. The normalized spacial score (nSPS) is 21.9.